The number of H-pyrrole nitrogens is 1. The third-order valence-corrected chi connectivity index (χ3v) is 5.29. The number of hydrogen-bond acceptors (Lipinski definition) is 4. The van der Waals surface area contributed by atoms with Gasteiger partial charge in [-0.25, -0.2) is 18.2 Å². The van der Waals surface area contributed by atoms with Crippen molar-refractivity contribution >= 4 is 26.8 Å². The molecule has 0 aliphatic heterocycles. The summed E-state index contributed by atoms with van der Waals surface area (Å²) >= 11 is 0. The van der Waals surface area contributed by atoms with Crippen molar-refractivity contribution in [1.29, 1.82) is 0 Å². The highest BCUT2D eigenvalue weighted by atomic mass is 32.2. The van der Waals surface area contributed by atoms with Crippen molar-refractivity contribution in [2.45, 2.75) is 18.6 Å². The third kappa shape index (κ3) is 2.10. The van der Waals surface area contributed by atoms with Gasteiger partial charge in [0.05, 0.1) is 11.1 Å². The second-order valence-electron chi connectivity index (χ2n) is 4.87. The minimum Gasteiger partial charge on any atom is -0.478 e. The summed E-state index contributed by atoms with van der Waals surface area (Å²) in [6, 6.07) is 4.68. The van der Waals surface area contributed by atoms with Gasteiger partial charge in [0.25, 0.3) is 0 Å². The first-order valence-electron chi connectivity index (χ1n) is 5.56. The fraction of sp³-hybridized carbons (Fsp3) is 0.333. The Balaban J connectivity index is 2.73. The summed E-state index contributed by atoms with van der Waals surface area (Å²) in [5, 5.41) is 9.08. The number of sulfone groups is 1. The predicted molar refractivity (Wildman–Crippen MR) is 70.9 cm³/mol. The van der Waals surface area contributed by atoms with Gasteiger partial charge in [0.1, 0.15) is 16.1 Å². The number of fused-ring (bicyclic) bond motifs is 1. The second kappa shape index (κ2) is 4.06. The Kier molecular flexibility index (Phi) is 2.89. The fourth-order valence-electron chi connectivity index (χ4n) is 1.67. The van der Waals surface area contributed by atoms with Gasteiger partial charge in [-0.3, -0.25) is 0 Å². The number of aromatic carboxylic acids is 1. The average molecular weight is 282 g/mol. The van der Waals surface area contributed by atoms with Gasteiger partial charge in [-0.2, -0.15) is 0 Å². The number of hydrogen-bond donors (Lipinski definition) is 2. The minimum absolute atomic E-state index is 0.0456. The standard InChI is InChI=1S/C12H14N2O4S/c1-12(2,19(3,17)18)11-13-8-6-4-5-7(10(15)16)9(8)14-11/h4-6H,1-3H3,(H,13,14)(H,15,16). The summed E-state index contributed by atoms with van der Waals surface area (Å²) in [6.07, 6.45) is 1.12. The smallest absolute Gasteiger partial charge is 0.337 e. The predicted octanol–water partition coefficient (Wildman–Crippen LogP) is 1.54. The molecule has 0 amide bonds. The highest BCUT2D eigenvalue weighted by Crippen LogP contribution is 2.29. The van der Waals surface area contributed by atoms with E-state index in [4.69, 9.17) is 5.11 Å². The van der Waals surface area contributed by atoms with Crippen molar-refractivity contribution in [3.63, 3.8) is 0 Å². The van der Waals surface area contributed by atoms with Crippen LogP contribution in [-0.4, -0.2) is 35.7 Å². The van der Waals surface area contributed by atoms with Crippen molar-refractivity contribution in [3.8, 4) is 0 Å². The Hall–Kier alpha value is -1.89. The van der Waals surface area contributed by atoms with Crippen LogP contribution in [0.15, 0.2) is 18.2 Å². The Labute approximate surface area is 110 Å². The molecule has 102 valence electrons. The second-order valence-corrected chi connectivity index (χ2v) is 7.44. The van der Waals surface area contributed by atoms with Crippen molar-refractivity contribution in [3.05, 3.63) is 29.6 Å². The largest absolute Gasteiger partial charge is 0.478 e. The third-order valence-electron chi connectivity index (χ3n) is 3.24. The normalized spacial score (nSPS) is 12.8. The number of nitrogens with one attached hydrogen (secondary N) is 1. The highest BCUT2D eigenvalue weighted by Gasteiger charge is 2.35. The van der Waals surface area contributed by atoms with E-state index in [1.54, 1.807) is 12.1 Å². The molecule has 0 bridgehead atoms. The first-order valence-corrected chi connectivity index (χ1v) is 7.46. The van der Waals surface area contributed by atoms with Gasteiger partial charge >= 0.3 is 5.97 Å². The fourth-order valence-corrected chi connectivity index (χ4v) is 2.11. The summed E-state index contributed by atoms with van der Waals surface area (Å²) in [5.41, 5.74) is 0.817. The Morgan fingerprint density at radius 2 is 2.00 bits per heavy atom. The average Bonchev–Trinajstić information content (AvgIpc) is 2.70. The van der Waals surface area contributed by atoms with Crippen LogP contribution >= 0.6 is 0 Å². The van der Waals surface area contributed by atoms with Gasteiger partial charge in [0.2, 0.25) is 0 Å². The number of imidazole rings is 1. The minimum atomic E-state index is -3.38. The summed E-state index contributed by atoms with van der Waals surface area (Å²) in [5.74, 6) is -0.862. The molecule has 0 aliphatic carbocycles. The first-order chi connectivity index (χ1) is 8.64. The van der Waals surface area contributed by atoms with E-state index in [2.05, 4.69) is 9.97 Å². The van der Waals surface area contributed by atoms with Gasteiger partial charge < -0.3 is 10.1 Å². The van der Waals surface area contributed by atoms with E-state index in [0.29, 0.717) is 5.52 Å². The molecule has 2 rings (SSSR count). The lowest BCUT2D eigenvalue weighted by Gasteiger charge is -2.19. The molecule has 1 heterocycles. The summed E-state index contributed by atoms with van der Waals surface area (Å²) < 4.78 is 22.3. The monoisotopic (exact) mass is 282 g/mol. The number of nitrogens with zero attached hydrogens (tertiary/aromatic N) is 1. The van der Waals surface area contributed by atoms with Crippen LogP contribution in [0.4, 0.5) is 0 Å². The van der Waals surface area contributed by atoms with Crippen LogP contribution in [0.1, 0.15) is 30.0 Å². The van der Waals surface area contributed by atoms with Crippen LogP contribution < -0.4 is 0 Å². The van der Waals surface area contributed by atoms with Crippen LogP contribution in [0.25, 0.3) is 11.0 Å². The quantitative estimate of drug-likeness (QED) is 0.889. The maximum absolute atomic E-state index is 11.8. The molecule has 0 unspecified atom stereocenters. The molecule has 1 aromatic heterocycles. The van der Waals surface area contributed by atoms with Crippen LogP contribution in [0.5, 0.6) is 0 Å². The van der Waals surface area contributed by atoms with Gasteiger partial charge in [-0.15, -0.1) is 0 Å². The Bertz CT molecular complexity index is 759. The molecule has 0 spiro atoms. The van der Waals surface area contributed by atoms with Crippen LogP contribution in [0.3, 0.4) is 0 Å². The van der Waals surface area contributed by atoms with Crippen LogP contribution in [0, 0.1) is 0 Å². The topological polar surface area (TPSA) is 100 Å². The maximum Gasteiger partial charge on any atom is 0.337 e. The number of aromatic amines is 1. The molecule has 7 heteroatoms. The van der Waals surface area contributed by atoms with Gasteiger partial charge in [0, 0.05) is 6.26 Å². The van der Waals surface area contributed by atoms with E-state index < -0.39 is 20.6 Å². The van der Waals surface area contributed by atoms with E-state index in [0.717, 1.165) is 6.26 Å². The molecule has 0 saturated carbocycles. The van der Waals surface area contributed by atoms with Gasteiger partial charge in [0.15, 0.2) is 9.84 Å². The van der Waals surface area contributed by atoms with E-state index in [9.17, 15) is 13.2 Å². The van der Waals surface area contributed by atoms with Crippen LogP contribution in [-0.2, 0) is 14.6 Å². The molecule has 6 nitrogen and oxygen atoms in total. The number of carboxylic acid groups (broad SMARTS) is 1. The lowest BCUT2D eigenvalue weighted by atomic mass is 10.2. The van der Waals surface area contributed by atoms with E-state index in [1.165, 1.54) is 19.9 Å². The number of carbonyl (C=O) groups is 1. The summed E-state index contributed by atoms with van der Waals surface area (Å²) in [4.78, 5) is 18.1. The van der Waals surface area contributed by atoms with Gasteiger partial charge in [-0.05, 0) is 26.0 Å². The van der Waals surface area contributed by atoms with E-state index in [1.807, 2.05) is 0 Å². The van der Waals surface area contributed by atoms with Crippen molar-refractivity contribution in [2.24, 2.45) is 0 Å². The molecule has 19 heavy (non-hydrogen) atoms. The van der Waals surface area contributed by atoms with Crippen molar-refractivity contribution in [2.75, 3.05) is 6.26 Å². The lowest BCUT2D eigenvalue weighted by Crippen LogP contribution is -2.29. The molecule has 2 aromatic rings. The zero-order valence-corrected chi connectivity index (χ0v) is 11.6. The number of aromatic nitrogens is 2. The Morgan fingerprint density at radius 3 is 2.53 bits per heavy atom. The van der Waals surface area contributed by atoms with Crippen molar-refractivity contribution in [1.82, 2.24) is 9.97 Å². The van der Waals surface area contributed by atoms with Crippen molar-refractivity contribution < 1.29 is 18.3 Å². The zero-order valence-electron chi connectivity index (χ0n) is 10.8. The molecule has 0 atom stereocenters. The molecular formula is C12H14N2O4S. The number of para-hydroxylation sites is 1. The molecule has 0 fully saturated rings. The number of rotatable bonds is 3. The van der Waals surface area contributed by atoms with E-state index >= 15 is 0 Å². The summed E-state index contributed by atoms with van der Waals surface area (Å²) in [7, 11) is -3.38. The lowest BCUT2D eigenvalue weighted by molar-refractivity contribution is 0.0699. The molecule has 2 N–H and O–H groups in total. The number of carboxylic acids is 1. The number of benzene rings is 1. The molecule has 0 radical (unpaired) electrons. The first kappa shape index (κ1) is 13.5. The highest BCUT2D eigenvalue weighted by molar-refractivity contribution is 7.91. The zero-order chi connectivity index (χ0) is 14.4. The van der Waals surface area contributed by atoms with Crippen LogP contribution in [0.2, 0.25) is 0 Å². The molecule has 0 saturated heterocycles. The SMILES string of the molecule is CC(C)(c1nc2c(C(=O)O)cccc2[nH]1)S(C)(=O)=O. The summed E-state index contributed by atoms with van der Waals surface area (Å²) in [6.45, 7) is 3.06. The molecule has 0 aliphatic rings. The molecular weight excluding hydrogens is 268 g/mol. The van der Waals surface area contributed by atoms with Gasteiger partial charge in [-0.1, -0.05) is 6.07 Å². The van der Waals surface area contributed by atoms with E-state index in [-0.39, 0.29) is 16.9 Å². The maximum atomic E-state index is 11.8. The Morgan fingerprint density at radius 1 is 1.37 bits per heavy atom. The molecule has 1 aromatic carbocycles.